The fourth-order valence-electron chi connectivity index (χ4n) is 6.48. The predicted octanol–water partition coefficient (Wildman–Crippen LogP) is 10.7. The van der Waals surface area contributed by atoms with Gasteiger partial charge in [0.25, 0.3) is 0 Å². The minimum atomic E-state index is 0.937. The molecule has 0 spiro atoms. The number of anilines is 3. The van der Waals surface area contributed by atoms with Crippen LogP contribution < -0.4 is 4.90 Å². The zero-order valence-electron chi connectivity index (χ0n) is 24.6. The molecule has 4 heteroatoms. The highest BCUT2D eigenvalue weighted by Gasteiger charge is 2.17. The number of imidazole rings is 1. The molecule has 0 N–H and O–H groups in total. The van der Waals surface area contributed by atoms with Crippen LogP contribution >= 0.6 is 0 Å². The van der Waals surface area contributed by atoms with Crippen LogP contribution in [0.1, 0.15) is 13.3 Å². The first-order chi connectivity index (χ1) is 21.8. The number of nitrogens with zero attached hydrogens (tertiary/aromatic N) is 4. The van der Waals surface area contributed by atoms with E-state index in [0.29, 0.717) is 0 Å². The molecule has 2 heterocycles. The highest BCUT2D eigenvalue weighted by molar-refractivity contribution is 6.09. The van der Waals surface area contributed by atoms with Crippen molar-refractivity contribution < 1.29 is 0 Å². The molecular formula is C40H32N4. The molecule has 44 heavy (non-hydrogen) atoms. The maximum atomic E-state index is 5.02. The smallest absolute Gasteiger partial charge is 0.141 e. The Labute approximate surface area is 257 Å². The Kier molecular flexibility index (Phi) is 6.45. The summed E-state index contributed by atoms with van der Waals surface area (Å²) < 4.78 is 4.70. The molecule has 0 radical (unpaired) electrons. The van der Waals surface area contributed by atoms with Gasteiger partial charge in [-0.05, 0) is 91.3 Å². The second-order valence-corrected chi connectivity index (χ2v) is 11.2. The van der Waals surface area contributed by atoms with Gasteiger partial charge in [-0.3, -0.25) is 0 Å². The van der Waals surface area contributed by atoms with Crippen LogP contribution in [-0.2, 0) is 6.54 Å². The van der Waals surface area contributed by atoms with Crippen LogP contribution in [0.4, 0.5) is 17.1 Å². The Balaban J connectivity index is 1.20. The van der Waals surface area contributed by atoms with E-state index >= 15 is 0 Å². The molecule has 8 aromatic rings. The number of benzene rings is 6. The van der Waals surface area contributed by atoms with Crippen molar-refractivity contribution in [1.29, 1.82) is 0 Å². The van der Waals surface area contributed by atoms with Crippen molar-refractivity contribution in [3.8, 4) is 17.1 Å². The van der Waals surface area contributed by atoms with E-state index < -0.39 is 0 Å². The van der Waals surface area contributed by atoms with Gasteiger partial charge in [0.05, 0.1) is 22.1 Å². The lowest BCUT2D eigenvalue weighted by atomic mass is 10.1. The predicted molar refractivity (Wildman–Crippen MR) is 184 cm³/mol. The summed E-state index contributed by atoms with van der Waals surface area (Å²) in [6.07, 6.45) is 1.05. The molecule has 0 bridgehead atoms. The molecule has 0 aliphatic rings. The van der Waals surface area contributed by atoms with E-state index in [1.54, 1.807) is 0 Å². The molecule has 2 aromatic heterocycles. The van der Waals surface area contributed by atoms with Crippen LogP contribution in [0.15, 0.2) is 152 Å². The van der Waals surface area contributed by atoms with Crippen molar-refractivity contribution in [1.82, 2.24) is 14.1 Å². The summed E-state index contributed by atoms with van der Waals surface area (Å²) in [7, 11) is 0. The third kappa shape index (κ3) is 4.35. The van der Waals surface area contributed by atoms with Crippen LogP contribution in [0, 0.1) is 0 Å². The second kappa shape index (κ2) is 10.9. The van der Waals surface area contributed by atoms with Crippen molar-refractivity contribution in [2.75, 3.05) is 4.90 Å². The lowest BCUT2D eigenvalue weighted by molar-refractivity contribution is 0.704. The normalized spacial score (nSPS) is 11.5. The molecule has 8 rings (SSSR count). The van der Waals surface area contributed by atoms with Crippen molar-refractivity contribution in [3.63, 3.8) is 0 Å². The van der Waals surface area contributed by atoms with Crippen molar-refractivity contribution >= 4 is 49.9 Å². The summed E-state index contributed by atoms with van der Waals surface area (Å²) in [5, 5.41) is 2.54. The van der Waals surface area contributed by atoms with Crippen molar-refractivity contribution in [2.45, 2.75) is 19.9 Å². The molecule has 6 aromatic carbocycles. The number of fused-ring (bicyclic) bond motifs is 4. The van der Waals surface area contributed by atoms with Gasteiger partial charge in [-0.2, -0.15) is 0 Å². The fraction of sp³-hybridized carbons (Fsp3) is 0.0750. The first kappa shape index (κ1) is 26.1. The van der Waals surface area contributed by atoms with Gasteiger partial charge < -0.3 is 14.0 Å². The molecule has 4 nitrogen and oxygen atoms in total. The van der Waals surface area contributed by atoms with Gasteiger partial charge in [0.2, 0.25) is 0 Å². The molecule has 0 atom stereocenters. The van der Waals surface area contributed by atoms with E-state index in [1.165, 1.54) is 27.3 Å². The number of aryl methyl sites for hydroxylation is 1. The zero-order chi connectivity index (χ0) is 29.5. The summed E-state index contributed by atoms with van der Waals surface area (Å²) in [5.41, 5.74) is 10.2. The minimum Gasteiger partial charge on any atom is -0.324 e. The minimum absolute atomic E-state index is 0.937. The molecule has 0 fully saturated rings. The summed E-state index contributed by atoms with van der Waals surface area (Å²) in [4.78, 5) is 7.33. The molecule has 0 aliphatic carbocycles. The van der Waals surface area contributed by atoms with E-state index in [-0.39, 0.29) is 0 Å². The Bertz CT molecular complexity index is 2170. The average molecular weight is 569 g/mol. The molecule has 0 unspecified atom stereocenters. The lowest BCUT2D eigenvalue weighted by Crippen LogP contribution is -2.10. The maximum absolute atomic E-state index is 5.02. The zero-order valence-corrected chi connectivity index (χ0v) is 24.6. The highest BCUT2D eigenvalue weighted by atomic mass is 15.1. The van der Waals surface area contributed by atoms with Gasteiger partial charge >= 0.3 is 0 Å². The third-order valence-corrected chi connectivity index (χ3v) is 8.45. The summed E-state index contributed by atoms with van der Waals surface area (Å²) >= 11 is 0. The monoisotopic (exact) mass is 568 g/mol. The first-order valence-electron chi connectivity index (χ1n) is 15.3. The maximum Gasteiger partial charge on any atom is 0.141 e. The van der Waals surface area contributed by atoms with Gasteiger partial charge in [0.1, 0.15) is 5.82 Å². The van der Waals surface area contributed by atoms with Crippen LogP contribution in [0.25, 0.3) is 49.9 Å². The first-order valence-corrected chi connectivity index (χ1v) is 15.3. The molecule has 0 amide bonds. The topological polar surface area (TPSA) is 26.0 Å². The largest absolute Gasteiger partial charge is 0.324 e. The van der Waals surface area contributed by atoms with Crippen LogP contribution in [0.5, 0.6) is 0 Å². The van der Waals surface area contributed by atoms with Gasteiger partial charge in [-0.1, -0.05) is 73.7 Å². The Morgan fingerprint density at radius 1 is 0.523 bits per heavy atom. The summed E-state index contributed by atoms with van der Waals surface area (Å²) in [6, 6.07) is 54.0. The Hall–Kier alpha value is -5.61. The standard InChI is InChI=1S/C40H32N4/c1-2-28-42-39-19-11-8-16-36(39)41-40(42)29-20-22-31(23-21-29)43(30-12-4-3-5-13-30)32-24-26-33(27-25-32)44-37-17-9-6-14-34(37)35-15-7-10-18-38(35)44/h3-27H,2,28H2,1H3. The lowest BCUT2D eigenvalue weighted by Gasteiger charge is -2.26. The number of para-hydroxylation sites is 5. The average Bonchev–Trinajstić information content (AvgIpc) is 3.62. The summed E-state index contributed by atoms with van der Waals surface area (Å²) in [6.45, 7) is 3.15. The van der Waals surface area contributed by atoms with Gasteiger partial charge in [-0.25, -0.2) is 4.98 Å². The number of hydrogen-bond donors (Lipinski definition) is 0. The molecule has 0 saturated heterocycles. The fourth-order valence-corrected chi connectivity index (χ4v) is 6.48. The Morgan fingerprint density at radius 2 is 1.05 bits per heavy atom. The van der Waals surface area contributed by atoms with E-state index in [4.69, 9.17) is 4.98 Å². The number of aromatic nitrogens is 3. The van der Waals surface area contributed by atoms with Crippen LogP contribution in [0.3, 0.4) is 0 Å². The van der Waals surface area contributed by atoms with Crippen LogP contribution in [0.2, 0.25) is 0 Å². The van der Waals surface area contributed by atoms with E-state index in [9.17, 15) is 0 Å². The van der Waals surface area contributed by atoms with Crippen molar-refractivity contribution in [2.24, 2.45) is 0 Å². The molecule has 0 saturated carbocycles. The summed E-state index contributed by atoms with van der Waals surface area (Å²) in [5.74, 6) is 1.02. The highest BCUT2D eigenvalue weighted by Crippen LogP contribution is 2.37. The van der Waals surface area contributed by atoms with E-state index in [2.05, 4.69) is 173 Å². The second-order valence-electron chi connectivity index (χ2n) is 11.2. The molecular weight excluding hydrogens is 536 g/mol. The van der Waals surface area contributed by atoms with Crippen molar-refractivity contribution in [3.05, 3.63) is 152 Å². The van der Waals surface area contributed by atoms with E-state index in [1.807, 2.05) is 0 Å². The third-order valence-electron chi connectivity index (χ3n) is 8.45. The van der Waals surface area contributed by atoms with Gasteiger partial charge in [0, 0.05) is 45.6 Å². The quantitative estimate of drug-likeness (QED) is 0.191. The number of rotatable bonds is 7. The SMILES string of the molecule is CCCn1c(-c2ccc(N(c3ccccc3)c3ccc(-n4c5ccccc5c5ccccc54)cc3)cc2)nc2ccccc21. The Morgan fingerprint density at radius 3 is 1.68 bits per heavy atom. The van der Waals surface area contributed by atoms with Gasteiger partial charge in [0.15, 0.2) is 0 Å². The van der Waals surface area contributed by atoms with E-state index in [0.717, 1.165) is 52.6 Å². The molecule has 212 valence electrons. The number of hydrogen-bond acceptors (Lipinski definition) is 2. The molecule has 0 aliphatic heterocycles. The van der Waals surface area contributed by atoms with Gasteiger partial charge in [-0.15, -0.1) is 0 Å². The van der Waals surface area contributed by atoms with Crippen LogP contribution in [-0.4, -0.2) is 14.1 Å².